The Bertz CT molecular complexity index is 883. The van der Waals surface area contributed by atoms with E-state index in [9.17, 15) is 4.79 Å². The van der Waals surface area contributed by atoms with Gasteiger partial charge in [-0.2, -0.15) is 0 Å². The molecule has 26 heavy (non-hydrogen) atoms. The third-order valence-corrected chi connectivity index (χ3v) is 3.60. The molecule has 0 atom stereocenters. The molecule has 3 rings (SSSR count). The molecule has 132 valence electrons. The first-order chi connectivity index (χ1) is 12.7. The second-order valence-electron chi connectivity index (χ2n) is 5.32. The van der Waals surface area contributed by atoms with Crippen LogP contribution in [0.15, 0.2) is 60.7 Å². The van der Waals surface area contributed by atoms with Gasteiger partial charge < -0.3 is 20.1 Å². The van der Waals surface area contributed by atoms with Crippen LogP contribution in [0.3, 0.4) is 0 Å². The van der Waals surface area contributed by atoms with Crippen LogP contribution >= 0.6 is 0 Å². The molecule has 1 amide bonds. The van der Waals surface area contributed by atoms with Crippen molar-refractivity contribution in [1.82, 2.24) is 10.2 Å². The molecule has 0 unspecified atom stereocenters. The minimum absolute atomic E-state index is 0.223. The van der Waals surface area contributed by atoms with Gasteiger partial charge in [-0.05, 0) is 36.4 Å². The Morgan fingerprint density at radius 2 is 1.73 bits per heavy atom. The number of benzene rings is 2. The maximum absolute atomic E-state index is 12.2. The zero-order valence-electron chi connectivity index (χ0n) is 14.4. The van der Waals surface area contributed by atoms with Crippen LogP contribution in [0.2, 0.25) is 0 Å². The lowest BCUT2D eigenvalue weighted by molar-refractivity contribution is 0.102. The number of methoxy groups -OCH3 is 2. The molecule has 0 aliphatic carbocycles. The third-order valence-electron chi connectivity index (χ3n) is 3.60. The monoisotopic (exact) mass is 350 g/mol. The molecule has 3 aromatic rings. The van der Waals surface area contributed by atoms with Crippen LogP contribution in [0.5, 0.6) is 11.5 Å². The number of hydrogen-bond acceptors (Lipinski definition) is 6. The summed E-state index contributed by atoms with van der Waals surface area (Å²) in [6, 6.07) is 17.8. The number of ether oxygens (including phenoxy) is 2. The first-order valence-corrected chi connectivity index (χ1v) is 7.89. The number of amides is 1. The molecule has 0 saturated heterocycles. The van der Waals surface area contributed by atoms with Crippen LogP contribution in [0.4, 0.5) is 17.2 Å². The highest BCUT2D eigenvalue weighted by atomic mass is 16.5. The number of rotatable bonds is 6. The maximum atomic E-state index is 12.2. The van der Waals surface area contributed by atoms with E-state index in [1.807, 2.05) is 24.3 Å². The van der Waals surface area contributed by atoms with E-state index in [1.54, 1.807) is 50.6 Å². The number of para-hydroxylation sites is 1. The van der Waals surface area contributed by atoms with Crippen molar-refractivity contribution in [3.63, 3.8) is 0 Å². The largest absolute Gasteiger partial charge is 0.497 e. The molecule has 0 aliphatic heterocycles. The topological polar surface area (TPSA) is 85.4 Å². The Morgan fingerprint density at radius 3 is 2.38 bits per heavy atom. The zero-order chi connectivity index (χ0) is 18.4. The standard InChI is InChI=1S/C19H18N4O3/c1-25-14-8-9-15(17(12-14)26-2)21-18-11-10-16(22-23-18)19(24)20-13-6-4-3-5-7-13/h3-12H,1-2H3,(H,20,24)(H,21,23). The van der Waals surface area contributed by atoms with Gasteiger partial charge in [-0.25, -0.2) is 0 Å². The molecular formula is C19H18N4O3. The van der Waals surface area contributed by atoms with Crippen LogP contribution in [0, 0.1) is 0 Å². The van der Waals surface area contributed by atoms with E-state index in [0.29, 0.717) is 28.7 Å². The molecule has 0 fully saturated rings. The van der Waals surface area contributed by atoms with Crippen molar-refractivity contribution < 1.29 is 14.3 Å². The second-order valence-corrected chi connectivity index (χ2v) is 5.32. The second kappa shape index (κ2) is 7.98. The Balaban J connectivity index is 1.71. The van der Waals surface area contributed by atoms with Gasteiger partial charge in [0, 0.05) is 11.8 Å². The molecule has 2 N–H and O–H groups in total. The lowest BCUT2D eigenvalue weighted by Crippen LogP contribution is -2.14. The molecule has 7 nitrogen and oxygen atoms in total. The number of nitrogens with one attached hydrogen (secondary N) is 2. The summed E-state index contributed by atoms with van der Waals surface area (Å²) in [6.45, 7) is 0. The van der Waals surface area contributed by atoms with Crippen molar-refractivity contribution >= 4 is 23.1 Å². The predicted molar refractivity (Wildman–Crippen MR) is 99.3 cm³/mol. The van der Waals surface area contributed by atoms with Gasteiger partial charge in [-0.1, -0.05) is 18.2 Å². The molecule has 0 spiro atoms. The van der Waals surface area contributed by atoms with Gasteiger partial charge in [-0.3, -0.25) is 4.79 Å². The first kappa shape index (κ1) is 17.2. The Labute approximate surface area is 151 Å². The predicted octanol–water partition coefficient (Wildman–Crippen LogP) is 3.49. The van der Waals surface area contributed by atoms with Gasteiger partial charge in [0.2, 0.25) is 0 Å². The normalized spacial score (nSPS) is 10.1. The third kappa shape index (κ3) is 4.07. The van der Waals surface area contributed by atoms with Gasteiger partial charge in [0.05, 0.1) is 19.9 Å². The van der Waals surface area contributed by atoms with Gasteiger partial charge in [0.25, 0.3) is 5.91 Å². The van der Waals surface area contributed by atoms with Gasteiger partial charge >= 0.3 is 0 Å². The first-order valence-electron chi connectivity index (χ1n) is 7.89. The lowest BCUT2D eigenvalue weighted by Gasteiger charge is -2.11. The van der Waals surface area contributed by atoms with Crippen LogP contribution in [0.25, 0.3) is 0 Å². The van der Waals surface area contributed by atoms with Crippen LogP contribution in [-0.2, 0) is 0 Å². The quantitative estimate of drug-likeness (QED) is 0.708. The highest BCUT2D eigenvalue weighted by Gasteiger charge is 2.10. The fourth-order valence-corrected chi connectivity index (χ4v) is 2.28. The van der Waals surface area contributed by atoms with Crippen molar-refractivity contribution in [3.05, 3.63) is 66.4 Å². The highest BCUT2D eigenvalue weighted by molar-refractivity contribution is 6.02. The van der Waals surface area contributed by atoms with Gasteiger partial charge in [0.15, 0.2) is 11.5 Å². The van der Waals surface area contributed by atoms with Crippen molar-refractivity contribution in [1.29, 1.82) is 0 Å². The van der Waals surface area contributed by atoms with E-state index in [2.05, 4.69) is 20.8 Å². The molecule has 0 saturated carbocycles. The average Bonchev–Trinajstić information content (AvgIpc) is 2.69. The summed E-state index contributed by atoms with van der Waals surface area (Å²) >= 11 is 0. The Morgan fingerprint density at radius 1 is 0.923 bits per heavy atom. The molecular weight excluding hydrogens is 332 g/mol. The smallest absolute Gasteiger partial charge is 0.276 e. The highest BCUT2D eigenvalue weighted by Crippen LogP contribution is 2.30. The Kier molecular flexibility index (Phi) is 5.28. The lowest BCUT2D eigenvalue weighted by atomic mass is 10.2. The number of carbonyl (C=O) groups excluding carboxylic acids is 1. The summed E-state index contributed by atoms with van der Waals surface area (Å²) in [5.74, 6) is 1.46. The number of nitrogens with zero attached hydrogens (tertiary/aromatic N) is 2. The van der Waals surface area contributed by atoms with Crippen molar-refractivity contribution in [2.24, 2.45) is 0 Å². The fourth-order valence-electron chi connectivity index (χ4n) is 2.28. The molecule has 1 heterocycles. The Hall–Kier alpha value is -3.61. The van der Waals surface area contributed by atoms with E-state index in [-0.39, 0.29) is 11.6 Å². The fraction of sp³-hybridized carbons (Fsp3) is 0.105. The SMILES string of the molecule is COc1ccc(Nc2ccc(C(=O)Nc3ccccc3)nn2)c(OC)c1. The average molecular weight is 350 g/mol. The van der Waals surface area contributed by atoms with Gasteiger partial charge in [-0.15, -0.1) is 10.2 Å². The molecule has 7 heteroatoms. The van der Waals surface area contributed by atoms with Crippen LogP contribution in [-0.4, -0.2) is 30.3 Å². The summed E-state index contributed by atoms with van der Waals surface area (Å²) in [4.78, 5) is 12.2. The van der Waals surface area contributed by atoms with E-state index in [0.717, 1.165) is 0 Å². The van der Waals surface area contributed by atoms with Crippen LogP contribution in [0.1, 0.15) is 10.5 Å². The molecule has 0 bridgehead atoms. The van der Waals surface area contributed by atoms with Crippen molar-refractivity contribution in [2.45, 2.75) is 0 Å². The van der Waals surface area contributed by atoms with Crippen molar-refractivity contribution in [2.75, 3.05) is 24.9 Å². The molecule has 0 aliphatic rings. The summed E-state index contributed by atoms with van der Waals surface area (Å²) in [7, 11) is 3.16. The number of aromatic nitrogens is 2. The van der Waals surface area contributed by atoms with E-state index in [1.165, 1.54) is 0 Å². The van der Waals surface area contributed by atoms with Crippen LogP contribution < -0.4 is 20.1 Å². The summed E-state index contributed by atoms with van der Waals surface area (Å²) in [6.07, 6.45) is 0. The van der Waals surface area contributed by atoms with E-state index >= 15 is 0 Å². The number of hydrogen-bond donors (Lipinski definition) is 2. The molecule has 0 radical (unpaired) electrons. The number of anilines is 3. The molecule has 2 aromatic carbocycles. The maximum Gasteiger partial charge on any atom is 0.276 e. The van der Waals surface area contributed by atoms with Crippen molar-refractivity contribution in [3.8, 4) is 11.5 Å². The summed E-state index contributed by atoms with van der Waals surface area (Å²) in [5.41, 5.74) is 1.63. The summed E-state index contributed by atoms with van der Waals surface area (Å²) in [5, 5.41) is 13.9. The molecule has 1 aromatic heterocycles. The van der Waals surface area contributed by atoms with E-state index in [4.69, 9.17) is 9.47 Å². The zero-order valence-corrected chi connectivity index (χ0v) is 14.4. The van der Waals surface area contributed by atoms with E-state index < -0.39 is 0 Å². The number of carbonyl (C=O) groups is 1. The minimum atomic E-state index is -0.322. The summed E-state index contributed by atoms with van der Waals surface area (Å²) < 4.78 is 10.5. The minimum Gasteiger partial charge on any atom is -0.497 e. The van der Waals surface area contributed by atoms with Gasteiger partial charge in [0.1, 0.15) is 11.5 Å².